The van der Waals surface area contributed by atoms with Crippen LogP contribution in [0, 0.1) is 5.92 Å². The average Bonchev–Trinajstić information content (AvgIpc) is 2.67. The summed E-state index contributed by atoms with van der Waals surface area (Å²) in [6.45, 7) is 2.02. The third kappa shape index (κ3) is 3.75. The summed E-state index contributed by atoms with van der Waals surface area (Å²) >= 11 is 0. The average molecular weight is 176 g/mol. The lowest BCUT2D eigenvalue weighted by molar-refractivity contribution is 0.589. The summed E-state index contributed by atoms with van der Waals surface area (Å²) in [5, 5.41) is 0. The van der Waals surface area contributed by atoms with Gasteiger partial charge in [0, 0.05) is 0 Å². The molecule has 0 amide bonds. The molecule has 0 radical (unpaired) electrons. The van der Waals surface area contributed by atoms with Gasteiger partial charge in [0.15, 0.2) is 9.84 Å². The summed E-state index contributed by atoms with van der Waals surface area (Å²) in [6, 6.07) is 0. The summed E-state index contributed by atoms with van der Waals surface area (Å²) in [6.07, 6.45) is 4.07. The Bertz CT molecular complexity index is 202. The van der Waals surface area contributed by atoms with Crippen molar-refractivity contribution in [2.75, 3.05) is 11.5 Å². The Morgan fingerprint density at radius 2 is 2.00 bits per heavy atom. The van der Waals surface area contributed by atoms with Gasteiger partial charge in [-0.25, -0.2) is 8.42 Å². The predicted molar refractivity (Wildman–Crippen MR) is 46.3 cm³/mol. The summed E-state index contributed by atoms with van der Waals surface area (Å²) in [5.74, 6) is 1.37. The van der Waals surface area contributed by atoms with E-state index in [0.717, 1.165) is 25.7 Å². The fourth-order valence-corrected chi connectivity index (χ4v) is 3.04. The Morgan fingerprint density at radius 3 is 2.45 bits per heavy atom. The molecule has 0 saturated heterocycles. The normalized spacial score (nSPS) is 18.6. The second kappa shape index (κ2) is 3.57. The second-order valence-corrected chi connectivity index (χ2v) is 5.64. The van der Waals surface area contributed by atoms with Gasteiger partial charge in [-0.15, -0.1) is 0 Å². The van der Waals surface area contributed by atoms with E-state index < -0.39 is 9.84 Å². The summed E-state index contributed by atoms with van der Waals surface area (Å²) in [5.41, 5.74) is 0. The van der Waals surface area contributed by atoms with Crippen LogP contribution >= 0.6 is 0 Å². The smallest absolute Gasteiger partial charge is 0.150 e. The van der Waals surface area contributed by atoms with E-state index >= 15 is 0 Å². The van der Waals surface area contributed by atoms with Gasteiger partial charge in [-0.05, 0) is 25.2 Å². The second-order valence-electron chi connectivity index (χ2n) is 3.41. The maximum absolute atomic E-state index is 11.2. The molecule has 0 bridgehead atoms. The van der Waals surface area contributed by atoms with E-state index in [1.54, 1.807) is 0 Å². The monoisotopic (exact) mass is 176 g/mol. The number of hydrogen-bond acceptors (Lipinski definition) is 2. The van der Waals surface area contributed by atoms with Crippen LogP contribution in [0.3, 0.4) is 0 Å². The largest absolute Gasteiger partial charge is 0.229 e. The van der Waals surface area contributed by atoms with Crippen LogP contribution in [-0.2, 0) is 9.84 Å². The van der Waals surface area contributed by atoms with Gasteiger partial charge in [-0.1, -0.05) is 13.3 Å². The third-order valence-electron chi connectivity index (χ3n) is 2.00. The minimum Gasteiger partial charge on any atom is -0.229 e. The maximum atomic E-state index is 11.2. The first kappa shape index (κ1) is 9.04. The molecule has 11 heavy (non-hydrogen) atoms. The fourth-order valence-electron chi connectivity index (χ4n) is 1.09. The molecule has 0 aromatic carbocycles. The SMILES string of the molecule is CCCCS(=O)(=O)CC1CC1. The van der Waals surface area contributed by atoms with Crippen LogP contribution in [0.25, 0.3) is 0 Å². The molecule has 0 atom stereocenters. The molecule has 2 nitrogen and oxygen atoms in total. The van der Waals surface area contributed by atoms with Gasteiger partial charge >= 0.3 is 0 Å². The molecule has 1 rings (SSSR count). The van der Waals surface area contributed by atoms with Gasteiger partial charge in [-0.2, -0.15) is 0 Å². The van der Waals surface area contributed by atoms with Crippen LogP contribution in [-0.4, -0.2) is 19.9 Å². The van der Waals surface area contributed by atoms with Gasteiger partial charge in [-0.3, -0.25) is 0 Å². The van der Waals surface area contributed by atoms with Gasteiger partial charge in [0.2, 0.25) is 0 Å². The van der Waals surface area contributed by atoms with E-state index in [-0.39, 0.29) is 0 Å². The van der Waals surface area contributed by atoms with E-state index in [1.807, 2.05) is 6.92 Å². The van der Waals surface area contributed by atoms with Gasteiger partial charge < -0.3 is 0 Å². The molecule has 0 aromatic heterocycles. The molecular formula is C8H16O2S. The van der Waals surface area contributed by atoms with Crippen LogP contribution in [0.5, 0.6) is 0 Å². The van der Waals surface area contributed by atoms with Gasteiger partial charge in [0.1, 0.15) is 0 Å². The van der Waals surface area contributed by atoms with Crippen LogP contribution in [0.2, 0.25) is 0 Å². The van der Waals surface area contributed by atoms with E-state index in [1.165, 1.54) is 0 Å². The minimum absolute atomic E-state index is 0.403. The topological polar surface area (TPSA) is 34.1 Å². The number of rotatable bonds is 5. The molecule has 3 heteroatoms. The molecule has 66 valence electrons. The Balaban J connectivity index is 2.26. The van der Waals surface area contributed by atoms with Crippen LogP contribution < -0.4 is 0 Å². The first-order valence-corrected chi connectivity index (χ1v) is 6.16. The molecule has 0 heterocycles. The predicted octanol–water partition coefficient (Wildman–Crippen LogP) is 1.61. The van der Waals surface area contributed by atoms with Crippen LogP contribution in [0.1, 0.15) is 32.6 Å². The lowest BCUT2D eigenvalue weighted by Crippen LogP contribution is -2.12. The van der Waals surface area contributed by atoms with E-state index in [4.69, 9.17) is 0 Å². The zero-order valence-corrected chi connectivity index (χ0v) is 7.86. The van der Waals surface area contributed by atoms with Crippen molar-refractivity contribution in [3.8, 4) is 0 Å². The van der Waals surface area contributed by atoms with Crippen molar-refractivity contribution in [3.63, 3.8) is 0 Å². The number of sulfone groups is 1. The Hall–Kier alpha value is -0.0500. The van der Waals surface area contributed by atoms with Crippen molar-refractivity contribution in [2.45, 2.75) is 32.6 Å². The summed E-state index contributed by atoms with van der Waals surface area (Å²) in [4.78, 5) is 0. The molecule has 1 aliphatic carbocycles. The Morgan fingerprint density at radius 1 is 1.36 bits per heavy atom. The Labute approximate surface area is 68.9 Å². The number of hydrogen-bond donors (Lipinski definition) is 0. The van der Waals surface area contributed by atoms with E-state index in [0.29, 0.717) is 17.4 Å². The lowest BCUT2D eigenvalue weighted by atomic mass is 10.4. The van der Waals surface area contributed by atoms with Crippen molar-refractivity contribution in [3.05, 3.63) is 0 Å². The van der Waals surface area contributed by atoms with Crippen molar-refractivity contribution in [2.24, 2.45) is 5.92 Å². The number of unbranched alkanes of at least 4 members (excludes halogenated alkanes) is 1. The molecule has 0 aliphatic heterocycles. The lowest BCUT2D eigenvalue weighted by Gasteiger charge is -2.00. The zero-order chi connectivity index (χ0) is 8.32. The van der Waals surface area contributed by atoms with Gasteiger partial charge in [0.05, 0.1) is 11.5 Å². The highest BCUT2D eigenvalue weighted by Gasteiger charge is 2.27. The molecule has 1 fully saturated rings. The summed E-state index contributed by atoms with van der Waals surface area (Å²) in [7, 11) is -2.68. The highest BCUT2D eigenvalue weighted by Crippen LogP contribution is 2.30. The standard InChI is InChI=1S/C8H16O2S/c1-2-3-6-11(9,10)7-8-4-5-8/h8H,2-7H2,1H3. The summed E-state index contributed by atoms with van der Waals surface area (Å²) < 4.78 is 22.5. The molecule has 0 N–H and O–H groups in total. The molecule has 1 saturated carbocycles. The first-order chi connectivity index (χ1) is 5.14. The van der Waals surface area contributed by atoms with Crippen LogP contribution in [0.15, 0.2) is 0 Å². The van der Waals surface area contributed by atoms with Crippen molar-refractivity contribution in [1.82, 2.24) is 0 Å². The highest BCUT2D eigenvalue weighted by molar-refractivity contribution is 7.91. The molecule has 1 aliphatic rings. The first-order valence-electron chi connectivity index (χ1n) is 4.34. The van der Waals surface area contributed by atoms with E-state index in [2.05, 4.69) is 0 Å². The van der Waals surface area contributed by atoms with Crippen molar-refractivity contribution in [1.29, 1.82) is 0 Å². The molecule has 0 spiro atoms. The fraction of sp³-hybridized carbons (Fsp3) is 1.00. The van der Waals surface area contributed by atoms with Crippen LogP contribution in [0.4, 0.5) is 0 Å². The third-order valence-corrected chi connectivity index (χ3v) is 3.89. The van der Waals surface area contributed by atoms with Gasteiger partial charge in [0.25, 0.3) is 0 Å². The molecular weight excluding hydrogens is 160 g/mol. The Kier molecular flexibility index (Phi) is 2.93. The van der Waals surface area contributed by atoms with Crippen molar-refractivity contribution < 1.29 is 8.42 Å². The van der Waals surface area contributed by atoms with E-state index in [9.17, 15) is 8.42 Å². The van der Waals surface area contributed by atoms with Crippen molar-refractivity contribution >= 4 is 9.84 Å². The minimum atomic E-state index is -2.68. The quantitative estimate of drug-likeness (QED) is 0.637. The molecule has 0 aromatic rings. The zero-order valence-electron chi connectivity index (χ0n) is 7.04. The highest BCUT2D eigenvalue weighted by atomic mass is 32.2. The molecule has 0 unspecified atom stereocenters. The maximum Gasteiger partial charge on any atom is 0.150 e.